The molecule has 134 valence electrons. The number of piperidine rings is 1. The monoisotopic (exact) mass is 347 g/mol. The minimum absolute atomic E-state index is 0. The Morgan fingerprint density at radius 2 is 1.96 bits per heavy atom. The molecule has 2 aliphatic rings. The Hall–Kier alpha value is -0.850. The van der Waals surface area contributed by atoms with Gasteiger partial charge in [-0.15, -0.1) is 12.4 Å². The Kier molecular flexibility index (Phi) is 9.52. The lowest BCUT2D eigenvalue weighted by Gasteiger charge is -2.37. The number of likely N-dealkylation sites (tertiary alicyclic amines) is 1. The summed E-state index contributed by atoms with van der Waals surface area (Å²) in [5.74, 6) is 0.140. The predicted molar refractivity (Wildman–Crippen MR) is 91.5 cm³/mol. The maximum absolute atomic E-state index is 12.6. The molecule has 6 nitrogen and oxygen atoms in total. The van der Waals surface area contributed by atoms with Gasteiger partial charge in [0, 0.05) is 38.7 Å². The fourth-order valence-corrected chi connectivity index (χ4v) is 3.27. The average molecular weight is 348 g/mol. The third-order valence-corrected chi connectivity index (χ3v) is 4.53. The van der Waals surface area contributed by atoms with Crippen molar-refractivity contribution >= 4 is 24.2 Å². The van der Waals surface area contributed by atoms with Crippen molar-refractivity contribution in [3.63, 3.8) is 0 Å². The first kappa shape index (κ1) is 20.2. The van der Waals surface area contributed by atoms with Gasteiger partial charge in [-0.3, -0.25) is 9.59 Å². The van der Waals surface area contributed by atoms with Crippen LogP contribution in [0.25, 0.3) is 0 Å². The zero-order chi connectivity index (χ0) is 15.8. The molecule has 7 heteroatoms. The molecule has 0 saturated carbocycles. The number of ether oxygens (including phenoxy) is 1. The van der Waals surface area contributed by atoms with Crippen molar-refractivity contribution in [3.05, 3.63) is 0 Å². The van der Waals surface area contributed by atoms with E-state index >= 15 is 0 Å². The number of nitrogens with two attached hydrogens (primary N) is 1. The molecule has 2 unspecified atom stereocenters. The minimum atomic E-state index is -0.0314. The van der Waals surface area contributed by atoms with Crippen LogP contribution in [0.2, 0.25) is 0 Å². The highest BCUT2D eigenvalue weighted by atomic mass is 35.5. The van der Waals surface area contributed by atoms with Gasteiger partial charge < -0.3 is 20.7 Å². The Balaban J connectivity index is 0.00000264. The molecule has 0 aromatic carbocycles. The van der Waals surface area contributed by atoms with Crippen molar-refractivity contribution in [2.45, 2.75) is 63.5 Å². The Morgan fingerprint density at radius 3 is 2.65 bits per heavy atom. The van der Waals surface area contributed by atoms with Gasteiger partial charge in [-0.2, -0.15) is 0 Å². The van der Waals surface area contributed by atoms with E-state index in [1.54, 1.807) is 0 Å². The first-order chi connectivity index (χ1) is 10.7. The number of halogens is 1. The molecule has 2 heterocycles. The lowest BCUT2D eigenvalue weighted by atomic mass is 9.99. The van der Waals surface area contributed by atoms with Crippen LogP contribution in [0.4, 0.5) is 0 Å². The van der Waals surface area contributed by atoms with Crippen LogP contribution in [-0.4, -0.2) is 55.1 Å². The standard InChI is InChI=1S/C16H29N3O3.ClH/c17-8-7-15(20)18-12-13-5-1-3-9-19(13)16(21)11-14-6-2-4-10-22-14;/h13-14H,1-12,17H2,(H,18,20);1H. The van der Waals surface area contributed by atoms with E-state index in [9.17, 15) is 9.59 Å². The van der Waals surface area contributed by atoms with E-state index in [-0.39, 0.29) is 36.4 Å². The maximum Gasteiger partial charge on any atom is 0.225 e. The van der Waals surface area contributed by atoms with E-state index in [2.05, 4.69) is 5.32 Å². The molecule has 0 spiro atoms. The van der Waals surface area contributed by atoms with E-state index in [0.717, 1.165) is 51.7 Å². The summed E-state index contributed by atoms with van der Waals surface area (Å²) < 4.78 is 5.67. The van der Waals surface area contributed by atoms with Gasteiger partial charge in [0.15, 0.2) is 0 Å². The number of rotatable bonds is 6. The quantitative estimate of drug-likeness (QED) is 0.756. The van der Waals surface area contributed by atoms with Gasteiger partial charge >= 0.3 is 0 Å². The van der Waals surface area contributed by atoms with E-state index in [1.807, 2.05) is 4.90 Å². The first-order valence-electron chi connectivity index (χ1n) is 8.58. The van der Waals surface area contributed by atoms with E-state index in [4.69, 9.17) is 10.5 Å². The van der Waals surface area contributed by atoms with Crippen LogP contribution in [0.15, 0.2) is 0 Å². The van der Waals surface area contributed by atoms with Crippen molar-refractivity contribution < 1.29 is 14.3 Å². The molecule has 0 aromatic heterocycles. The number of carbonyl (C=O) groups is 2. The van der Waals surface area contributed by atoms with Gasteiger partial charge in [-0.1, -0.05) is 0 Å². The molecule has 23 heavy (non-hydrogen) atoms. The lowest BCUT2D eigenvalue weighted by molar-refractivity contribution is -0.139. The zero-order valence-corrected chi connectivity index (χ0v) is 14.6. The summed E-state index contributed by atoms with van der Waals surface area (Å²) in [6, 6.07) is 0.117. The SMILES string of the molecule is Cl.NCCC(=O)NCC1CCCCN1C(=O)CC1CCCCO1. The predicted octanol–water partition coefficient (Wildman–Crippen LogP) is 1.21. The third kappa shape index (κ3) is 6.65. The molecular formula is C16H30ClN3O3. The normalized spacial score (nSPS) is 24.7. The molecule has 3 N–H and O–H groups in total. The molecule has 2 atom stereocenters. The van der Waals surface area contributed by atoms with Gasteiger partial charge in [0.1, 0.15) is 0 Å². The second kappa shape index (κ2) is 10.8. The average Bonchev–Trinajstić information content (AvgIpc) is 2.54. The van der Waals surface area contributed by atoms with Gasteiger partial charge in [-0.05, 0) is 38.5 Å². The second-order valence-electron chi connectivity index (χ2n) is 6.27. The van der Waals surface area contributed by atoms with Crippen molar-refractivity contribution in [3.8, 4) is 0 Å². The molecule has 0 aliphatic carbocycles. The van der Waals surface area contributed by atoms with E-state index in [1.165, 1.54) is 0 Å². The molecule has 2 amide bonds. The largest absolute Gasteiger partial charge is 0.378 e. The highest BCUT2D eigenvalue weighted by molar-refractivity contribution is 5.85. The molecule has 2 rings (SSSR count). The zero-order valence-electron chi connectivity index (χ0n) is 13.8. The number of nitrogens with one attached hydrogen (secondary N) is 1. The minimum Gasteiger partial charge on any atom is -0.378 e. The van der Waals surface area contributed by atoms with Gasteiger partial charge in [0.2, 0.25) is 11.8 Å². The Labute approximate surface area is 144 Å². The molecule has 0 radical (unpaired) electrons. The highest BCUT2D eigenvalue weighted by Crippen LogP contribution is 2.21. The summed E-state index contributed by atoms with van der Waals surface area (Å²) >= 11 is 0. The number of carbonyl (C=O) groups excluding carboxylic acids is 2. The summed E-state index contributed by atoms with van der Waals surface area (Å²) in [6.07, 6.45) is 7.25. The van der Waals surface area contributed by atoms with Gasteiger partial charge in [0.05, 0.1) is 12.5 Å². The number of hydrogen-bond donors (Lipinski definition) is 2. The first-order valence-corrected chi connectivity index (χ1v) is 8.58. The molecule has 2 aliphatic heterocycles. The topological polar surface area (TPSA) is 84.7 Å². The molecule has 0 aromatic rings. The summed E-state index contributed by atoms with van der Waals surface area (Å²) in [7, 11) is 0. The lowest BCUT2D eigenvalue weighted by Crippen LogP contribution is -2.50. The fourth-order valence-electron chi connectivity index (χ4n) is 3.27. The van der Waals surface area contributed by atoms with Crippen molar-refractivity contribution in [2.75, 3.05) is 26.2 Å². The number of amides is 2. The Morgan fingerprint density at radius 1 is 1.17 bits per heavy atom. The van der Waals surface area contributed by atoms with Crippen molar-refractivity contribution in [1.29, 1.82) is 0 Å². The van der Waals surface area contributed by atoms with Gasteiger partial charge in [0.25, 0.3) is 0 Å². The van der Waals surface area contributed by atoms with Crippen LogP contribution in [0.1, 0.15) is 51.4 Å². The van der Waals surface area contributed by atoms with Crippen LogP contribution in [0.3, 0.4) is 0 Å². The second-order valence-corrected chi connectivity index (χ2v) is 6.27. The summed E-state index contributed by atoms with van der Waals surface area (Å²) in [5.41, 5.74) is 5.38. The van der Waals surface area contributed by atoms with E-state index in [0.29, 0.717) is 25.9 Å². The number of nitrogens with zero attached hydrogens (tertiary/aromatic N) is 1. The van der Waals surface area contributed by atoms with Crippen molar-refractivity contribution in [2.24, 2.45) is 5.73 Å². The maximum atomic E-state index is 12.6. The molecule has 2 fully saturated rings. The van der Waals surface area contributed by atoms with Crippen LogP contribution in [0, 0.1) is 0 Å². The Bertz CT molecular complexity index is 376. The van der Waals surface area contributed by atoms with E-state index < -0.39 is 0 Å². The fraction of sp³-hybridized carbons (Fsp3) is 0.875. The molecular weight excluding hydrogens is 318 g/mol. The number of hydrogen-bond acceptors (Lipinski definition) is 4. The molecule has 2 saturated heterocycles. The highest BCUT2D eigenvalue weighted by Gasteiger charge is 2.29. The van der Waals surface area contributed by atoms with Crippen molar-refractivity contribution in [1.82, 2.24) is 10.2 Å². The summed E-state index contributed by atoms with van der Waals surface area (Å²) in [4.78, 5) is 26.1. The van der Waals surface area contributed by atoms with Crippen LogP contribution < -0.4 is 11.1 Å². The van der Waals surface area contributed by atoms with Crippen LogP contribution >= 0.6 is 12.4 Å². The van der Waals surface area contributed by atoms with Gasteiger partial charge in [-0.25, -0.2) is 0 Å². The molecule has 0 bridgehead atoms. The van der Waals surface area contributed by atoms with Crippen LogP contribution in [0.5, 0.6) is 0 Å². The smallest absolute Gasteiger partial charge is 0.225 e. The summed E-state index contributed by atoms with van der Waals surface area (Å²) in [5, 5.41) is 2.90. The van der Waals surface area contributed by atoms with Crippen LogP contribution in [-0.2, 0) is 14.3 Å². The summed E-state index contributed by atoms with van der Waals surface area (Å²) in [6.45, 7) is 2.47. The third-order valence-electron chi connectivity index (χ3n) is 4.53.